The summed E-state index contributed by atoms with van der Waals surface area (Å²) in [7, 11) is 0. The van der Waals surface area contributed by atoms with Crippen LogP contribution in [0.1, 0.15) is 5.56 Å². The highest BCUT2D eigenvalue weighted by Gasteiger charge is 2.10. The lowest BCUT2D eigenvalue weighted by atomic mass is 10.1. The molecule has 0 saturated heterocycles. The van der Waals surface area contributed by atoms with E-state index in [1.54, 1.807) is 12.1 Å². The molecular weight excluding hydrogens is 296 g/mol. The van der Waals surface area contributed by atoms with Crippen LogP contribution in [0.2, 0.25) is 15.1 Å². The van der Waals surface area contributed by atoms with Gasteiger partial charge in [-0.3, -0.25) is 4.79 Å². The van der Waals surface area contributed by atoms with Crippen molar-refractivity contribution in [2.24, 2.45) is 0 Å². The Morgan fingerprint density at radius 2 is 1.72 bits per heavy atom. The van der Waals surface area contributed by atoms with Crippen molar-refractivity contribution in [1.29, 1.82) is 0 Å². The summed E-state index contributed by atoms with van der Waals surface area (Å²) in [4.78, 5) is 13.9. The van der Waals surface area contributed by atoms with Crippen LogP contribution in [0.25, 0.3) is 11.1 Å². The Labute approximate surface area is 118 Å². The normalized spacial score (nSPS) is 10.7. The van der Waals surface area contributed by atoms with Crippen LogP contribution in [0, 0.1) is 0 Å². The molecule has 0 amide bonds. The number of aliphatic hydroxyl groups is 1. The van der Waals surface area contributed by atoms with Gasteiger partial charge in [0.25, 0.3) is 5.56 Å². The van der Waals surface area contributed by atoms with Crippen LogP contribution in [-0.2, 0) is 6.61 Å². The topological polar surface area (TPSA) is 53.1 Å². The Kier molecular flexibility index (Phi) is 3.97. The summed E-state index contributed by atoms with van der Waals surface area (Å²) in [6.07, 6.45) is 1.51. The Morgan fingerprint density at radius 3 is 2.39 bits per heavy atom. The Balaban J connectivity index is 2.62. The second-order valence-corrected chi connectivity index (χ2v) is 4.87. The molecule has 1 heterocycles. The molecule has 94 valence electrons. The van der Waals surface area contributed by atoms with E-state index < -0.39 is 0 Å². The highest BCUT2D eigenvalue weighted by atomic mass is 35.5. The molecule has 0 atom stereocenters. The van der Waals surface area contributed by atoms with Crippen molar-refractivity contribution in [3.05, 3.63) is 55.4 Å². The van der Waals surface area contributed by atoms with Gasteiger partial charge in [0, 0.05) is 17.3 Å². The maximum Gasteiger partial charge on any atom is 0.253 e. The van der Waals surface area contributed by atoms with E-state index in [2.05, 4.69) is 4.98 Å². The number of nitrogens with one attached hydrogen (secondary N) is 1. The van der Waals surface area contributed by atoms with Gasteiger partial charge in [0.1, 0.15) is 0 Å². The zero-order valence-electron chi connectivity index (χ0n) is 9.01. The first kappa shape index (κ1) is 13.4. The van der Waals surface area contributed by atoms with Gasteiger partial charge in [-0.05, 0) is 23.8 Å². The highest BCUT2D eigenvalue weighted by molar-refractivity contribution is 6.44. The molecule has 0 unspecified atom stereocenters. The molecule has 0 radical (unpaired) electrons. The number of hydrogen-bond acceptors (Lipinski definition) is 2. The minimum atomic E-state index is -0.345. The summed E-state index contributed by atoms with van der Waals surface area (Å²) in [6.45, 7) is -0.345. The maximum absolute atomic E-state index is 11.3. The molecule has 0 bridgehead atoms. The van der Waals surface area contributed by atoms with E-state index in [0.717, 1.165) is 0 Å². The van der Waals surface area contributed by atoms with Gasteiger partial charge in [-0.25, -0.2) is 0 Å². The number of pyridine rings is 1. The predicted molar refractivity (Wildman–Crippen MR) is 73.5 cm³/mol. The summed E-state index contributed by atoms with van der Waals surface area (Å²) < 4.78 is 0. The molecule has 1 aromatic heterocycles. The van der Waals surface area contributed by atoms with Crippen LogP contribution < -0.4 is 5.56 Å². The van der Waals surface area contributed by atoms with Crippen molar-refractivity contribution in [3.63, 3.8) is 0 Å². The van der Waals surface area contributed by atoms with Crippen molar-refractivity contribution >= 4 is 34.8 Å². The SMILES string of the molecule is O=c1[nH]cc(-c2cc(Cl)c(Cl)cc2Cl)cc1CO. The first-order chi connectivity index (χ1) is 8.52. The number of rotatable bonds is 2. The van der Waals surface area contributed by atoms with Crippen LogP contribution >= 0.6 is 34.8 Å². The van der Waals surface area contributed by atoms with Crippen LogP contribution in [0.4, 0.5) is 0 Å². The molecule has 18 heavy (non-hydrogen) atoms. The first-order valence-electron chi connectivity index (χ1n) is 5.00. The molecule has 3 nitrogen and oxygen atoms in total. The average Bonchev–Trinajstić information content (AvgIpc) is 2.35. The van der Waals surface area contributed by atoms with E-state index in [1.807, 2.05) is 0 Å². The fourth-order valence-electron chi connectivity index (χ4n) is 1.55. The van der Waals surface area contributed by atoms with Crippen LogP contribution in [0.3, 0.4) is 0 Å². The lowest BCUT2D eigenvalue weighted by molar-refractivity contribution is 0.280. The van der Waals surface area contributed by atoms with E-state index in [9.17, 15) is 4.79 Å². The van der Waals surface area contributed by atoms with E-state index in [-0.39, 0.29) is 17.7 Å². The molecule has 1 aromatic carbocycles. The number of aliphatic hydroxyl groups excluding tert-OH is 1. The highest BCUT2D eigenvalue weighted by Crippen LogP contribution is 2.34. The first-order valence-corrected chi connectivity index (χ1v) is 6.13. The Morgan fingerprint density at radius 1 is 1.06 bits per heavy atom. The number of hydrogen-bond donors (Lipinski definition) is 2. The van der Waals surface area contributed by atoms with Crippen molar-refractivity contribution in [3.8, 4) is 11.1 Å². The van der Waals surface area contributed by atoms with Gasteiger partial charge < -0.3 is 10.1 Å². The molecule has 0 saturated carbocycles. The van der Waals surface area contributed by atoms with E-state index in [1.165, 1.54) is 12.3 Å². The van der Waals surface area contributed by atoms with Gasteiger partial charge in [-0.15, -0.1) is 0 Å². The lowest BCUT2D eigenvalue weighted by Gasteiger charge is -2.07. The molecule has 0 spiro atoms. The molecule has 0 aliphatic rings. The summed E-state index contributed by atoms with van der Waals surface area (Å²) in [5.74, 6) is 0. The van der Waals surface area contributed by atoms with Gasteiger partial charge in [-0.1, -0.05) is 34.8 Å². The summed E-state index contributed by atoms with van der Waals surface area (Å²) in [5.41, 5.74) is 1.21. The summed E-state index contributed by atoms with van der Waals surface area (Å²) in [5, 5.41) is 10.2. The molecule has 0 aliphatic heterocycles. The monoisotopic (exact) mass is 303 g/mol. The van der Waals surface area contributed by atoms with Gasteiger partial charge in [-0.2, -0.15) is 0 Å². The van der Waals surface area contributed by atoms with Crippen LogP contribution in [-0.4, -0.2) is 10.1 Å². The predicted octanol–water partition coefficient (Wildman–Crippen LogP) is 3.49. The molecule has 2 aromatic rings. The number of aromatic amines is 1. The third kappa shape index (κ3) is 2.54. The second kappa shape index (κ2) is 5.33. The maximum atomic E-state index is 11.3. The third-order valence-electron chi connectivity index (χ3n) is 2.47. The van der Waals surface area contributed by atoms with Gasteiger partial charge >= 0.3 is 0 Å². The zero-order chi connectivity index (χ0) is 13.3. The van der Waals surface area contributed by atoms with E-state index in [4.69, 9.17) is 39.9 Å². The number of aromatic nitrogens is 1. The minimum Gasteiger partial charge on any atom is -0.391 e. The number of H-pyrrole nitrogens is 1. The summed E-state index contributed by atoms with van der Waals surface area (Å²) >= 11 is 17.8. The van der Waals surface area contributed by atoms with Gasteiger partial charge in [0.15, 0.2) is 0 Å². The van der Waals surface area contributed by atoms with Crippen molar-refractivity contribution < 1.29 is 5.11 Å². The fraction of sp³-hybridized carbons (Fsp3) is 0.0833. The number of halogens is 3. The Hall–Kier alpha value is -1.00. The standard InChI is InChI=1S/C12H8Cl3NO2/c13-9-3-11(15)10(14)2-8(9)6-1-7(5-17)12(18)16-4-6/h1-4,17H,5H2,(H,16,18). The molecule has 0 aliphatic carbocycles. The number of benzene rings is 1. The van der Waals surface area contributed by atoms with E-state index >= 15 is 0 Å². The smallest absolute Gasteiger partial charge is 0.253 e. The molecule has 2 rings (SSSR count). The summed E-state index contributed by atoms with van der Waals surface area (Å²) in [6, 6.07) is 4.70. The third-order valence-corrected chi connectivity index (χ3v) is 3.51. The van der Waals surface area contributed by atoms with Crippen LogP contribution in [0.5, 0.6) is 0 Å². The second-order valence-electron chi connectivity index (χ2n) is 3.65. The van der Waals surface area contributed by atoms with Gasteiger partial charge in [0.2, 0.25) is 0 Å². The van der Waals surface area contributed by atoms with Crippen molar-refractivity contribution in [2.75, 3.05) is 0 Å². The zero-order valence-corrected chi connectivity index (χ0v) is 11.3. The van der Waals surface area contributed by atoms with E-state index in [0.29, 0.717) is 26.2 Å². The lowest BCUT2D eigenvalue weighted by Crippen LogP contribution is -2.11. The van der Waals surface area contributed by atoms with Crippen molar-refractivity contribution in [1.82, 2.24) is 4.98 Å². The quantitative estimate of drug-likeness (QED) is 0.834. The van der Waals surface area contributed by atoms with Crippen LogP contribution in [0.15, 0.2) is 29.2 Å². The molecular formula is C12H8Cl3NO2. The largest absolute Gasteiger partial charge is 0.391 e. The molecule has 0 fully saturated rings. The van der Waals surface area contributed by atoms with Gasteiger partial charge in [0.05, 0.1) is 21.7 Å². The minimum absolute atomic E-state index is 0.259. The average molecular weight is 305 g/mol. The Bertz CT molecular complexity index is 652. The van der Waals surface area contributed by atoms with Crippen molar-refractivity contribution in [2.45, 2.75) is 6.61 Å². The molecule has 6 heteroatoms. The fourth-order valence-corrected chi connectivity index (χ4v) is 2.20. The molecule has 2 N–H and O–H groups in total.